The molecule has 1 aliphatic rings. The lowest BCUT2D eigenvalue weighted by atomic mass is 9.99. The predicted octanol–water partition coefficient (Wildman–Crippen LogP) is 3.81. The first-order valence-corrected chi connectivity index (χ1v) is 9.01. The minimum atomic E-state index is -0.434. The van der Waals surface area contributed by atoms with Crippen LogP contribution in [0.15, 0.2) is 29.2 Å². The molecule has 116 valence electrons. The summed E-state index contributed by atoms with van der Waals surface area (Å²) in [7, 11) is 0. The van der Waals surface area contributed by atoms with Gasteiger partial charge in [-0.1, -0.05) is 32.4 Å². The van der Waals surface area contributed by atoms with Crippen LogP contribution in [0.2, 0.25) is 0 Å². The van der Waals surface area contributed by atoms with Crippen LogP contribution in [-0.2, 0) is 4.79 Å². The van der Waals surface area contributed by atoms with Crippen LogP contribution in [0.4, 0.5) is 0 Å². The van der Waals surface area contributed by atoms with Crippen LogP contribution in [0.25, 0.3) is 0 Å². The second-order valence-corrected chi connectivity index (χ2v) is 6.74. The Bertz CT molecular complexity index is 488. The third-order valence-electron chi connectivity index (χ3n) is 4.39. The first kappa shape index (κ1) is 16.4. The number of rotatable bonds is 6. The number of amides is 1. The zero-order chi connectivity index (χ0) is 15.5. The van der Waals surface area contributed by atoms with Gasteiger partial charge in [0.15, 0.2) is 0 Å². The van der Waals surface area contributed by atoms with Crippen molar-refractivity contribution >= 4 is 17.7 Å². The van der Waals surface area contributed by atoms with Crippen molar-refractivity contribution in [3.05, 3.63) is 29.8 Å². The van der Waals surface area contributed by atoms with E-state index in [2.05, 4.69) is 49.7 Å². The van der Waals surface area contributed by atoms with E-state index in [0.717, 1.165) is 25.8 Å². The lowest BCUT2D eigenvalue weighted by Gasteiger charge is -2.24. The molecular weight excluding hydrogens is 280 g/mol. The molecule has 0 aromatic heterocycles. The minimum absolute atomic E-state index is 0.00454. The first-order valence-electron chi connectivity index (χ1n) is 7.78. The van der Waals surface area contributed by atoms with Gasteiger partial charge in [0.25, 0.3) is 0 Å². The zero-order valence-corrected chi connectivity index (χ0v) is 14.3. The zero-order valence-electron chi connectivity index (χ0n) is 13.5. The summed E-state index contributed by atoms with van der Waals surface area (Å²) in [4.78, 5) is 16.0. The van der Waals surface area contributed by atoms with Crippen LogP contribution < -0.4 is 5.32 Å². The van der Waals surface area contributed by atoms with Crippen molar-refractivity contribution in [3.63, 3.8) is 0 Å². The number of carbonyl (C=O) groups excluding carboxylic acids is 1. The molecule has 1 fully saturated rings. The summed E-state index contributed by atoms with van der Waals surface area (Å²) in [6, 6.07) is 8.53. The van der Waals surface area contributed by atoms with Crippen molar-refractivity contribution in [3.8, 4) is 0 Å². The maximum Gasteiger partial charge on any atom is 0.244 e. The second-order valence-electron chi connectivity index (χ2n) is 5.86. The van der Waals surface area contributed by atoms with E-state index in [1.807, 2.05) is 11.8 Å². The fourth-order valence-corrected chi connectivity index (χ4v) is 3.15. The lowest BCUT2D eigenvalue weighted by molar-refractivity contribution is -0.133. The molecule has 2 atom stereocenters. The Kier molecular flexibility index (Phi) is 5.33. The Hall–Kier alpha value is -1.00. The number of nitrogens with zero attached hydrogens (tertiary/aromatic N) is 1. The highest BCUT2D eigenvalue weighted by Crippen LogP contribution is 2.33. The summed E-state index contributed by atoms with van der Waals surface area (Å²) in [6.07, 6.45) is 5.05. The van der Waals surface area contributed by atoms with Crippen LogP contribution in [0.5, 0.6) is 0 Å². The molecule has 0 aliphatic carbocycles. The van der Waals surface area contributed by atoms with Gasteiger partial charge in [0.1, 0.15) is 6.17 Å². The molecule has 21 heavy (non-hydrogen) atoms. The molecule has 1 saturated heterocycles. The first-order chi connectivity index (χ1) is 10.1. The molecule has 2 rings (SSSR count). The van der Waals surface area contributed by atoms with E-state index in [4.69, 9.17) is 0 Å². The van der Waals surface area contributed by atoms with Gasteiger partial charge in [0, 0.05) is 11.4 Å². The predicted molar refractivity (Wildman–Crippen MR) is 89.4 cm³/mol. The van der Waals surface area contributed by atoms with Gasteiger partial charge in [0.05, 0.1) is 5.54 Å². The number of benzene rings is 1. The Labute approximate surface area is 132 Å². The monoisotopic (exact) mass is 306 g/mol. The third-order valence-corrected chi connectivity index (χ3v) is 5.13. The molecule has 1 aromatic rings. The average Bonchev–Trinajstić information content (AvgIpc) is 2.78. The Balaban J connectivity index is 2.27. The summed E-state index contributed by atoms with van der Waals surface area (Å²) >= 11 is 1.74. The van der Waals surface area contributed by atoms with E-state index < -0.39 is 5.54 Å². The fraction of sp³-hybridized carbons (Fsp3) is 0.588. The molecule has 1 amide bonds. The van der Waals surface area contributed by atoms with Crippen molar-refractivity contribution in [2.45, 2.75) is 56.6 Å². The Morgan fingerprint density at radius 1 is 1.29 bits per heavy atom. The molecule has 2 unspecified atom stereocenters. The van der Waals surface area contributed by atoms with E-state index in [1.165, 1.54) is 10.5 Å². The van der Waals surface area contributed by atoms with E-state index in [0.29, 0.717) is 0 Å². The molecule has 0 spiro atoms. The average molecular weight is 306 g/mol. The third kappa shape index (κ3) is 3.27. The van der Waals surface area contributed by atoms with Crippen molar-refractivity contribution in [2.24, 2.45) is 0 Å². The van der Waals surface area contributed by atoms with Crippen LogP contribution in [0, 0.1) is 0 Å². The van der Waals surface area contributed by atoms with Gasteiger partial charge < -0.3 is 4.90 Å². The number of nitrogens with one attached hydrogen (secondary N) is 1. The summed E-state index contributed by atoms with van der Waals surface area (Å²) in [5.74, 6) is 0.234. The fourth-order valence-electron chi connectivity index (χ4n) is 2.74. The summed E-state index contributed by atoms with van der Waals surface area (Å²) < 4.78 is 0. The number of hydrogen-bond acceptors (Lipinski definition) is 3. The quantitative estimate of drug-likeness (QED) is 0.811. The van der Waals surface area contributed by atoms with Crippen LogP contribution in [0.1, 0.15) is 51.8 Å². The highest BCUT2D eigenvalue weighted by atomic mass is 32.2. The number of hydrogen-bond donors (Lipinski definition) is 1. The summed E-state index contributed by atoms with van der Waals surface area (Å²) in [5.41, 5.74) is 0.741. The molecule has 1 heterocycles. The smallest absolute Gasteiger partial charge is 0.244 e. The number of thioether (sulfide) groups is 1. The van der Waals surface area contributed by atoms with Crippen molar-refractivity contribution < 1.29 is 4.79 Å². The van der Waals surface area contributed by atoms with Gasteiger partial charge in [-0.2, -0.15) is 0 Å². The maximum absolute atomic E-state index is 12.7. The maximum atomic E-state index is 12.7. The van der Waals surface area contributed by atoms with Crippen LogP contribution in [0.3, 0.4) is 0 Å². The van der Waals surface area contributed by atoms with E-state index in [-0.39, 0.29) is 12.1 Å². The van der Waals surface area contributed by atoms with Crippen molar-refractivity contribution in [1.82, 2.24) is 10.2 Å². The number of unbranched alkanes of at least 4 members (excludes halogenated alkanes) is 1. The van der Waals surface area contributed by atoms with Crippen LogP contribution in [-0.4, -0.2) is 29.1 Å². The molecular formula is C17H26N2OS. The molecule has 1 N–H and O–H groups in total. The van der Waals surface area contributed by atoms with E-state index in [9.17, 15) is 4.79 Å². The summed E-state index contributed by atoms with van der Waals surface area (Å²) in [6.45, 7) is 7.08. The molecule has 0 radical (unpaired) electrons. The van der Waals surface area contributed by atoms with E-state index in [1.54, 1.807) is 11.8 Å². The molecule has 0 bridgehead atoms. The van der Waals surface area contributed by atoms with Gasteiger partial charge in [0.2, 0.25) is 5.91 Å². The molecule has 3 nitrogen and oxygen atoms in total. The van der Waals surface area contributed by atoms with Gasteiger partial charge in [-0.05, 0) is 43.7 Å². The largest absolute Gasteiger partial charge is 0.321 e. The number of carbonyl (C=O) groups is 1. The van der Waals surface area contributed by atoms with Gasteiger partial charge in [-0.3, -0.25) is 10.1 Å². The highest BCUT2D eigenvalue weighted by Gasteiger charge is 2.46. The standard InChI is InChI=1S/C17H26N2OS/c1-5-7-12-19-15(18-17(3,6-2)16(19)20)13-8-10-14(21-4)11-9-13/h8-11,15,18H,5-7,12H2,1-4H3. The summed E-state index contributed by atoms with van der Waals surface area (Å²) in [5, 5.41) is 3.55. The molecule has 1 aromatic carbocycles. The van der Waals surface area contributed by atoms with Crippen molar-refractivity contribution in [1.29, 1.82) is 0 Å². The molecule has 0 saturated carbocycles. The normalized spacial score (nSPS) is 25.6. The van der Waals surface area contributed by atoms with E-state index >= 15 is 0 Å². The van der Waals surface area contributed by atoms with Crippen LogP contribution >= 0.6 is 11.8 Å². The van der Waals surface area contributed by atoms with Gasteiger partial charge in [-0.25, -0.2) is 0 Å². The molecule has 4 heteroatoms. The molecule has 1 aliphatic heterocycles. The van der Waals surface area contributed by atoms with Gasteiger partial charge in [-0.15, -0.1) is 11.8 Å². The Morgan fingerprint density at radius 2 is 1.95 bits per heavy atom. The Morgan fingerprint density at radius 3 is 2.48 bits per heavy atom. The lowest BCUT2D eigenvalue weighted by Crippen LogP contribution is -2.43. The van der Waals surface area contributed by atoms with Crippen molar-refractivity contribution in [2.75, 3.05) is 12.8 Å². The highest BCUT2D eigenvalue weighted by molar-refractivity contribution is 7.98. The minimum Gasteiger partial charge on any atom is -0.321 e. The van der Waals surface area contributed by atoms with Gasteiger partial charge >= 0.3 is 0 Å². The topological polar surface area (TPSA) is 32.3 Å². The SMILES string of the molecule is CCCCN1C(=O)C(C)(CC)NC1c1ccc(SC)cc1. The second kappa shape index (κ2) is 6.84.